The number of rotatable bonds is 2. The fourth-order valence-electron chi connectivity index (χ4n) is 2.30. The van der Waals surface area contributed by atoms with E-state index >= 15 is 0 Å². The van der Waals surface area contributed by atoms with Crippen LogP contribution in [0.15, 0.2) is 24.8 Å². The first-order valence-corrected chi connectivity index (χ1v) is 6.79. The van der Waals surface area contributed by atoms with Gasteiger partial charge in [-0.2, -0.15) is 0 Å². The van der Waals surface area contributed by atoms with Crippen LogP contribution in [0.1, 0.15) is 11.3 Å². The Morgan fingerprint density at radius 2 is 1.50 bits per heavy atom. The lowest BCUT2D eigenvalue weighted by Gasteiger charge is -2.35. The highest BCUT2D eigenvalue weighted by atomic mass is 15.3. The van der Waals surface area contributed by atoms with Crippen molar-refractivity contribution in [3.05, 3.63) is 36.0 Å². The molecule has 0 amide bonds. The monoisotopic (exact) mass is 270 g/mol. The van der Waals surface area contributed by atoms with E-state index in [2.05, 4.69) is 29.7 Å². The van der Waals surface area contributed by atoms with Crippen molar-refractivity contribution in [2.24, 2.45) is 0 Å². The highest BCUT2D eigenvalue weighted by molar-refractivity contribution is 5.42. The third-order valence-electron chi connectivity index (χ3n) is 3.44. The predicted octanol–water partition coefficient (Wildman–Crippen LogP) is 1.21. The third kappa shape index (κ3) is 2.68. The van der Waals surface area contributed by atoms with Gasteiger partial charge in [0.25, 0.3) is 0 Å². The number of aryl methyl sites for hydroxylation is 2. The minimum Gasteiger partial charge on any atom is -0.353 e. The average Bonchev–Trinajstić information content (AvgIpc) is 2.48. The minimum absolute atomic E-state index is 0.814. The molecule has 0 unspecified atom stereocenters. The number of hydrogen-bond acceptors (Lipinski definition) is 6. The molecule has 6 nitrogen and oxygen atoms in total. The summed E-state index contributed by atoms with van der Waals surface area (Å²) in [5.74, 6) is 1.82. The van der Waals surface area contributed by atoms with Crippen molar-refractivity contribution in [2.75, 3.05) is 36.0 Å². The van der Waals surface area contributed by atoms with Gasteiger partial charge in [-0.1, -0.05) is 0 Å². The molecule has 0 atom stereocenters. The van der Waals surface area contributed by atoms with Gasteiger partial charge < -0.3 is 9.80 Å². The molecule has 3 heterocycles. The smallest absolute Gasteiger partial charge is 0.225 e. The summed E-state index contributed by atoms with van der Waals surface area (Å²) in [6, 6.07) is 2.03. The Bertz CT molecular complexity index is 574. The first-order chi connectivity index (χ1) is 9.72. The molecule has 0 bridgehead atoms. The molecule has 0 N–H and O–H groups in total. The summed E-state index contributed by atoms with van der Waals surface area (Å²) in [5, 5.41) is 0. The summed E-state index contributed by atoms with van der Waals surface area (Å²) in [6.07, 6.45) is 5.35. The topological polar surface area (TPSA) is 58.0 Å². The van der Waals surface area contributed by atoms with Crippen LogP contribution in [0.2, 0.25) is 0 Å². The summed E-state index contributed by atoms with van der Waals surface area (Å²) >= 11 is 0. The van der Waals surface area contributed by atoms with Gasteiger partial charge >= 0.3 is 0 Å². The second kappa shape index (κ2) is 5.40. The maximum Gasteiger partial charge on any atom is 0.225 e. The van der Waals surface area contributed by atoms with Gasteiger partial charge in [-0.25, -0.2) is 19.9 Å². The molecule has 1 saturated heterocycles. The molecule has 1 fully saturated rings. The van der Waals surface area contributed by atoms with Gasteiger partial charge in [-0.05, 0) is 19.4 Å². The van der Waals surface area contributed by atoms with E-state index in [0.717, 1.165) is 49.2 Å². The number of piperazine rings is 1. The van der Waals surface area contributed by atoms with Crippen molar-refractivity contribution < 1.29 is 0 Å². The molecular formula is C14H18N6. The molecular weight excluding hydrogens is 252 g/mol. The minimum atomic E-state index is 0.814. The normalized spacial score (nSPS) is 15.5. The van der Waals surface area contributed by atoms with Crippen molar-refractivity contribution in [1.29, 1.82) is 0 Å². The van der Waals surface area contributed by atoms with E-state index in [4.69, 9.17) is 0 Å². The molecule has 0 radical (unpaired) electrons. The molecule has 2 aromatic heterocycles. The fraction of sp³-hybridized carbons (Fsp3) is 0.429. The predicted molar refractivity (Wildman–Crippen MR) is 78.0 cm³/mol. The lowest BCUT2D eigenvalue weighted by atomic mass is 10.3. The summed E-state index contributed by atoms with van der Waals surface area (Å²) in [6.45, 7) is 7.65. The van der Waals surface area contributed by atoms with Gasteiger partial charge in [0.2, 0.25) is 5.95 Å². The number of anilines is 2. The summed E-state index contributed by atoms with van der Waals surface area (Å²) in [5.41, 5.74) is 2.09. The van der Waals surface area contributed by atoms with Gasteiger partial charge in [-0.15, -0.1) is 0 Å². The molecule has 6 heteroatoms. The molecule has 0 spiro atoms. The summed E-state index contributed by atoms with van der Waals surface area (Å²) in [7, 11) is 0. The van der Waals surface area contributed by atoms with Crippen LogP contribution in [0.25, 0.3) is 0 Å². The van der Waals surface area contributed by atoms with E-state index < -0.39 is 0 Å². The van der Waals surface area contributed by atoms with Crippen molar-refractivity contribution in [3.63, 3.8) is 0 Å². The Hall–Kier alpha value is -2.24. The van der Waals surface area contributed by atoms with Crippen molar-refractivity contribution >= 4 is 11.8 Å². The van der Waals surface area contributed by atoms with Crippen LogP contribution in [0.3, 0.4) is 0 Å². The Labute approximate surface area is 118 Å². The van der Waals surface area contributed by atoms with Crippen LogP contribution >= 0.6 is 0 Å². The third-order valence-corrected chi connectivity index (χ3v) is 3.44. The number of aromatic nitrogens is 4. The molecule has 3 rings (SSSR count). The van der Waals surface area contributed by atoms with Crippen molar-refractivity contribution in [1.82, 2.24) is 19.9 Å². The Morgan fingerprint density at radius 1 is 0.850 bits per heavy atom. The molecule has 2 aromatic rings. The molecule has 1 aliphatic rings. The second-order valence-corrected chi connectivity index (χ2v) is 5.05. The molecule has 0 aromatic carbocycles. The zero-order valence-corrected chi connectivity index (χ0v) is 11.8. The Morgan fingerprint density at radius 3 is 2.15 bits per heavy atom. The van der Waals surface area contributed by atoms with E-state index in [1.165, 1.54) is 0 Å². The Kier molecular flexibility index (Phi) is 3.45. The van der Waals surface area contributed by atoms with Gasteiger partial charge in [0.15, 0.2) is 0 Å². The van der Waals surface area contributed by atoms with Crippen LogP contribution in [0, 0.1) is 13.8 Å². The lowest BCUT2D eigenvalue weighted by Crippen LogP contribution is -2.47. The summed E-state index contributed by atoms with van der Waals surface area (Å²) < 4.78 is 0. The van der Waals surface area contributed by atoms with Crippen LogP contribution < -0.4 is 9.80 Å². The maximum atomic E-state index is 4.38. The van der Waals surface area contributed by atoms with E-state index in [1.807, 2.05) is 32.3 Å². The summed E-state index contributed by atoms with van der Waals surface area (Å²) in [4.78, 5) is 21.7. The van der Waals surface area contributed by atoms with E-state index in [0.29, 0.717) is 0 Å². The van der Waals surface area contributed by atoms with E-state index in [-0.39, 0.29) is 0 Å². The van der Waals surface area contributed by atoms with Crippen LogP contribution in [0.4, 0.5) is 11.8 Å². The SMILES string of the molecule is Cc1cnc(N2CCN(c3cc(C)ncn3)CC2)nc1. The fourth-order valence-corrected chi connectivity index (χ4v) is 2.30. The van der Waals surface area contributed by atoms with Crippen LogP contribution in [-0.2, 0) is 0 Å². The first-order valence-electron chi connectivity index (χ1n) is 6.79. The van der Waals surface area contributed by atoms with Gasteiger partial charge in [0.1, 0.15) is 12.1 Å². The molecule has 20 heavy (non-hydrogen) atoms. The molecule has 104 valence electrons. The lowest BCUT2D eigenvalue weighted by molar-refractivity contribution is 0.633. The highest BCUT2D eigenvalue weighted by Gasteiger charge is 2.19. The number of hydrogen-bond donors (Lipinski definition) is 0. The van der Waals surface area contributed by atoms with Gasteiger partial charge in [0, 0.05) is 50.3 Å². The maximum absolute atomic E-state index is 4.38. The first kappa shape index (κ1) is 12.8. The van der Waals surface area contributed by atoms with Crippen molar-refractivity contribution in [3.8, 4) is 0 Å². The molecule has 0 aliphatic carbocycles. The zero-order valence-electron chi connectivity index (χ0n) is 11.8. The van der Waals surface area contributed by atoms with Crippen LogP contribution in [0.5, 0.6) is 0 Å². The number of nitrogens with zero attached hydrogens (tertiary/aromatic N) is 6. The van der Waals surface area contributed by atoms with E-state index in [1.54, 1.807) is 6.33 Å². The van der Waals surface area contributed by atoms with E-state index in [9.17, 15) is 0 Å². The highest BCUT2D eigenvalue weighted by Crippen LogP contribution is 2.16. The molecule has 1 aliphatic heterocycles. The van der Waals surface area contributed by atoms with Crippen LogP contribution in [-0.4, -0.2) is 46.1 Å². The van der Waals surface area contributed by atoms with Gasteiger partial charge in [0.05, 0.1) is 0 Å². The van der Waals surface area contributed by atoms with Crippen molar-refractivity contribution in [2.45, 2.75) is 13.8 Å². The zero-order chi connectivity index (χ0) is 13.9. The van der Waals surface area contributed by atoms with Gasteiger partial charge in [-0.3, -0.25) is 0 Å². The quantitative estimate of drug-likeness (QED) is 0.817. The molecule has 0 saturated carbocycles. The largest absolute Gasteiger partial charge is 0.353 e. The average molecular weight is 270 g/mol. The standard InChI is InChI=1S/C14H18N6/c1-11-8-15-14(16-9-11)20-5-3-19(4-6-20)13-7-12(2)17-10-18-13/h7-10H,3-6H2,1-2H3. The second-order valence-electron chi connectivity index (χ2n) is 5.05. The Balaban J connectivity index is 1.66.